The molecule has 4 aromatic rings. The third kappa shape index (κ3) is 5.19. The molecule has 0 fully saturated rings. The molecule has 0 radical (unpaired) electrons. The first-order valence-electron chi connectivity index (χ1n) is 9.41. The highest BCUT2D eigenvalue weighted by atomic mass is 32.2. The van der Waals surface area contributed by atoms with Crippen LogP contribution in [0.4, 0.5) is 0 Å². The molecule has 0 saturated heterocycles. The Kier molecular flexibility index (Phi) is 6.19. The lowest BCUT2D eigenvalue weighted by Gasteiger charge is -2.06. The topological polar surface area (TPSA) is 98.8 Å². The maximum Gasteiger partial charge on any atom is 0.238 e. The molecule has 6 nitrogen and oxygen atoms in total. The molecular formula is C22H20N4O2S3. The number of benzene rings is 1. The van der Waals surface area contributed by atoms with Crippen LogP contribution in [0, 0.1) is 13.8 Å². The fraction of sp³-hybridized carbons (Fsp3) is 0.136. The number of nitrogens with zero attached hydrogens (tertiary/aromatic N) is 3. The van der Waals surface area contributed by atoms with E-state index in [1.807, 2.05) is 38.2 Å². The normalized spacial score (nSPS) is 11.6. The van der Waals surface area contributed by atoms with Crippen molar-refractivity contribution in [1.29, 1.82) is 0 Å². The van der Waals surface area contributed by atoms with Gasteiger partial charge in [0.2, 0.25) is 10.0 Å². The van der Waals surface area contributed by atoms with E-state index in [0.29, 0.717) is 5.75 Å². The van der Waals surface area contributed by atoms with Gasteiger partial charge in [-0.15, -0.1) is 11.3 Å². The number of thiophene rings is 1. The minimum absolute atomic E-state index is 0.0971. The van der Waals surface area contributed by atoms with Crippen molar-refractivity contribution in [2.24, 2.45) is 5.14 Å². The summed E-state index contributed by atoms with van der Waals surface area (Å²) in [6, 6.07) is 14.7. The van der Waals surface area contributed by atoms with E-state index in [9.17, 15) is 8.42 Å². The number of primary sulfonamides is 1. The molecule has 0 atom stereocenters. The van der Waals surface area contributed by atoms with Gasteiger partial charge in [-0.2, -0.15) is 0 Å². The summed E-state index contributed by atoms with van der Waals surface area (Å²) in [7, 11) is -3.73. The molecule has 158 valence electrons. The molecule has 0 amide bonds. The fourth-order valence-corrected chi connectivity index (χ4v) is 5.84. The van der Waals surface area contributed by atoms with Crippen molar-refractivity contribution in [1.82, 2.24) is 15.0 Å². The van der Waals surface area contributed by atoms with Gasteiger partial charge in [-0.05, 0) is 55.3 Å². The largest absolute Gasteiger partial charge is 0.264 e. The summed E-state index contributed by atoms with van der Waals surface area (Å²) in [5.74, 6) is 0.686. The van der Waals surface area contributed by atoms with Crippen molar-refractivity contribution in [2.45, 2.75) is 29.7 Å². The Morgan fingerprint density at radius 2 is 1.71 bits per heavy atom. The van der Waals surface area contributed by atoms with Crippen molar-refractivity contribution in [3.8, 4) is 20.9 Å². The Morgan fingerprint density at radius 1 is 1.00 bits per heavy atom. The number of thioether (sulfide) groups is 1. The lowest BCUT2D eigenvalue weighted by molar-refractivity contribution is 0.598. The van der Waals surface area contributed by atoms with Gasteiger partial charge in [-0.25, -0.2) is 23.5 Å². The van der Waals surface area contributed by atoms with Gasteiger partial charge in [-0.1, -0.05) is 30.0 Å². The van der Waals surface area contributed by atoms with E-state index in [0.717, 1.165) is 43.0 Å². The third-order valence-corrected chi connectivity index (χ3v) is 7.62. The monoisotopic (exact) mass is 468 g/mol. The number of rotatable bonds is 6. The summed E-state index contributed by atoms with van der Waals surface area (Å²) in [4.78, 5) is 15.5. The van der Waals surface area contributed by atoms with E-state index in [2.05, 4.69) is 21.0 Å². The minimum Gasteiger partial charge on any atom is -0.264 e. The van der Waals surface area contributed by atoms with Crippen LogP contribution in [0.25, 0.3) is 20.9 Å². The highest BCUT2D eigenvalue weighted by molar-refractivity contribution is 7.98. The smallest absolute Gasteiger partial charge is 0.238 e. The molecule has 0 aliphatic rings. The maximum absolute atomic E-state index is 11.6. The molecule has 0 aliphatic heterocycles. The zero-order chi connectivity index (χ0) is 22.0. The quantitative estimate of drug-likeness (QED) is 0.322. The van der Waals surface area contributed by atoms with Crippen molar-refractivity contribution < 1.29 is 8.42 Å². The lowest BCUT2D eigenvalue weighted by atomic mass is 10.1. The van der Waals surface area contributed by atoms with Gasteiger partial charge in [0, 0.05) is 44.9 Å². The van der Waals surface area contributed by atoms with E-state index in [1.165, 1.54) is 12.1 Å². The Morgan fingerprint density at radius 3 is 2.32 bits per heavy atom. The number of hydrogen-bond donors (Lipinski definition) is 1. The Hall–Kier alpha value is -2.59. The van der Waals surface area contributed by atoms with Gasteiger partial charge in [0.05, 0.1) is 4.90 Å². The van der Waals surface area contributed by atoms with Crippen LogP contribution in [0.3, 0.4) is 0 Å². The fourth-order valence-electron chi connectivity index (χ4n) is 3.13. The highest BCUT2D eigenvalue weighted by Crippen LogP contribution is 2.40. The highest BCUT2D eigenvalue weighted by Gasteiger charge is 2.15. The van der Waals surface area contributed by atoms with Gasteiger partial charge < -0.3 is 0 Å². The van der Waals surface area contributed by atoms with Gasteiger partial charge in [-0.3, -0.25) is 4.98 Å². The molecule has 0 aliphatic carbocycles. The SMILES string of the molecule is Cc1cc(C)nc(SCc2cc(-c3cccnc3)sc2-c2ccc(S(N)(=O)=O)cc2)n1. The first-order valence-corrected chi connectivity index (χ1v) is 12.8. The molecule has 0 unspecified atom stereocenters. The molecule has 0 saturated carbocycles. The number of aryl methyl sites for hydroxylation is 2. The van der Waals surface area contributed by atoms with Crippen LogP contribution >= 0.6 is 23.1 Å². The summed E-state index contributed by atoms with van der Waals surface area (Å²) in [5, 5.41) is 5.98. The molecule has 0 spiro atoms. The average molecular weight is 469 g/mol. The van der Waals surface area contributed by atoms with Crippen LogP contribution in [0.5, 0.6) is 0 Å². The number of pyridine rings is 1. The zero-order valence-corrected chi connectivity index (χ0v) is 19.4. The molecule has 2 N–H and O–H groups in total. The molecule has 3 aromatic heterocycles. The third-order valence-electron chi connectivity index (χ3n) is 4.52. The van der Waals surface area contributed by atoms with Crippen LogP contribution < -0.4 is 5.14 Å². The molecular weight excluding hydrogens is 448 g/mol. The Labute approximate surface area is 189 Å². The summed E-state index contributed by atoms with van der Waals surface area (Å²) in [6.07, 6.45) is 3.59. The molecule has 31 heavy (non-hydrogen) atoms. The number of sulfonamides is 1. The first-order chi connectivity index (χ1) is 14.8. The Balaban J connectivity index is 1.71. The standard InChI is InChI=1S/C22H20N4O2S3/c1-14-10-15(2)26-22(25-14)29-13-18-11-20(17-4-3-9-24-12-17)30-21(18)16-5-7-19(8-6-16)31(23,27)28/h3-12H,13H2,1-2H3,(H2,23,27,28). The van der Waals surface area contributed by atoms with E-state index in [4.69, 9.17) is 5.14 Å². The summed E-state index contributed by atoms with van der Waals surface area (Å²) in [6.45, 7) is 3.92. The molecule has 9 heteroatoms. The van der Waals surface area contributed by atoms with Crippen molar-refractivity contribution in [3.05, 3.63) is 77.9 Å². The van der Waals surface area contributed by atoms with E-state index < -0.39 is 10.0 Å². The van der Waals surface area contributed by atoms with Gasteiger partial charge >= 0.3 is 0 Å². The van der Waals surface area contributed by atoms with Crippen molar-refractivity contribution >= 4 is 33.1 Å². The first kappa shape index (κ1) is 21.6. The number of hydrogen-bond acceptors (Lipinski definition) is 7. The van der Waals surface area contributed by atoms with Crippen molar-refractivity contribution in [3.63, 3.8) is 0 Å². The Bertz CT molecular complexity index is 1300. The number of nitrogens with two attached hydrogens (primary N) is 1. The van der Waals surface area contributed by atoms with Crippen LogP contribution in [-0.4, -0.2) is 23.4 Å². The second-order valence-corrected chi connectivity index (χ2v) is 10.6. The van der Waals surface area contributed by atoms with Gasteiger partial charge in [0.1, 0.15) is 0 Å². The van der Waals surface area contributed by atoms with Crippen LogP contribution in [0.2, 0.25) is 0 Å². The average Bonchev–Trinajstić information content (AvgIpc) is 3.16. The molecule has 4 rings (SSSR count). The predicted octanol–water partition coefficient (Wildman–Crippen LogP) is 4.82. The lowest BCUT2D eigenvalue weighted by Crippen LogP contribution is -2.11. The zero-order valence-electron chi connectivity index (χ0n) is 16.9. The number of aromatic nitrogens is 3. The second-order valence-electron chi connectivity index (χ2n) is 7.00. The summed E-state index contributed by atoms with van der Waals surface area (Å²) >= 11 is 3.23. The van der Waals surface area contributed by atoms with E-state index in [1.54, 1.807) is 41.4 Å². The summed E-state index contributed by atoms with van der Waals surface area (Å²) in [5.41, 5.74) is 4.98. The van der Waals surface area contributed by atoms with Crippen LogP contribution in [0.1, 0.15) is 17.0 Å². The van der Waals surface area contributed by atoms with Crippen molar-refractivity contribution in [2.75, 3.05) is 0 Å². The van der Waals surface area contributed by atoms with Crippen LogP contribution in [0.15, 0.2) is 71.0 Å². The molecule has 3 heterocycles. The maximum atomic E-state index is 11.6. The molecule has 1 aromatic carbocycles. The summed E-state index contributed by atoms with van der Waals surface area (Å²) < 4.78 is 23.2. The van der Waals surface area contributed by atoms with E-state index in [-0.39, 0.29) is 4.90 Å². The van der Waals surface area contributed by atoms with Crippen LogP contribution in [-0.2, 0) is 15.8 Å². The predicted molar refractivity (Wildman–Crippen MR) is 125 cm³/mol. The second kappa shape index (κ2) is 8.88. The molecule has 0 bridgehead atoms. The minimum atomic E-state index is -3.73. The van der Waals surface area contributed by atoms with Gasteiger partial charge in [0.25, 0.3) is 0 Å². The van der Waals surface area contributed by atoms with E-state index >= 15 is 0 Å². The van der Waals surface area contributed by atoms with Gasteiger partial charge in [0.15, 0.2) is 5.16 Å².